The highest BCUT2D eigenvalue weighted by Crippen LogP contribution is 2.30. The Hall–Kier alpha value is -2.29. The maximum Gasteiger partial charge on any atom is 0.422 e. The molecule has 0 bridgehead atoms. The van der Waals surface area contributed by atoms with Crippen LogP contribution in [-0.4, -0.2) is 73.7 Å². The molecule has 0 saturated carbocycles. The second-order valence-corrected chi connectivity index (χ2v) is 7.96. The van der Waals surface area contributed by atoms with Crippen LogP contribution < -0.4 is 9.64 Å². The van der Waals surface area contributed by atoms with Gasteiger partial charge in [-0.2, -0.15) is 13.2 Å². The van der Waals surface area contributed by atoms with Gasteiger partial charge in [-0.1, -0.05) is 26.0 Å². The molecule has 2 saturated heterocycles. The average Bonchev–Trinajstić information content (AvgIpc) is 2.90. The Balaban J connectivity index is 1.47. The van der Waals surface area contributed by atoms with Gasteiger partial charge in [0.15, 0.2) is 6.61 Å². The monoisotopic (exact) mass is 427 g/mol. The SMILES string of the molecule is CC1C(=O)N(CCCN2CCN(c3ccccc3OCC(F)(F)F)CC2)C(=O)C1C. The summed E-state index contributed by atoms with van der Waals surface area (Å²) in [6, 6.07) is 6.77. The zero-order valence-electron chi connectivity index (χ0n) is 17.3. The maximum absolute atomic E-state index is 12.5. The Morgan fingerprint density at radius 3 is 2.17 bits per heavy atom. The van der Waals surface area contributed by atoms with Gasteiger partial charge in [0, 0.05) is 44.6 Å². The predicted molar refractivity (Wildman–Crippen MR) is 106 cm³/mol. The quantitative estimate of drug-likeness (QED) is 0.627. The fourth-order valence-corrected chi connectivity index (χ4v) is 3.91. The molecule has 1 aromatic carbocycles. The van der Waals surface area contributed by atoms with Crippen LogP contribution in [0.3, 0.4) is 0 Å². The minimum absolute atomic E-state index is 0.0900. The molecule has 3 rings (SSSR count). The van der Waals surface area contributed by atoms with Crippen molar-refractivity contribution in [1.82, 2.24) is 9.80 Å². The second-order valence-electron chi connectivity index (χ2n) is 7.96. The van der Waals surface area contributed by atoms with Crippen LogP contribution in [0.25, 0.3) is 0 Å². The minimum Gasteiger partial charge on any atom is -0.482 e. The van der Waals surface area contributed by atoms with Gasteiger partial charge in [0.2, 0.25) is 11.8 Å². The number of ether oxygens (including phenoxy) is 1. The molecule has 2 aliphatic heterocycles. The molecule has 0 spiro atoms. The van der Waals surface area contributed by atoms with Crippen molar-refractivity contribution in [3.63, 3.8) is 0 Å². The first-order chi connectivity index (χ1) is 14.2. The number of carbonyl (C=O) groups excluding carboxylic acids is 2. The zero-order chi connectivity index (χ0) is 21.9. The normalized spacial score (nSPS) is 23.4. The van der Waals surface area contributed by atoms with Gasteiger partial charge < -0.3 is 9.64 Å². The third-order valence-corrected chi connectivity index (χ3v) is 5.89. The summed E-state index contributed by atoms with van der Waals surface area (Å²) in [4.78, 5) is 30.0. The van der Waals surface area contributed by atoms with E-state index in [0.717, 1.165) is 19.6 Å². The number of hydrogen-bond acceptors (Lipinski definition) is 5. The molecule has 0 aliphatic carbocycles. The summed E-state index contributed by atoms with van der Waals surface area (Å²) in [7, 11) is 0. The highest BCUT2D eigenvalue weighted by Gasteiger charge is 2.41. The van der Waals surface area contributed by atoms with E-state index >= 15 is 0 Å². The third kappa shape index (κ3) is 5.24. The van der Waals surface area contributed by atoms with Gasteiger partial charge in [0.1, 0.15) is 5.75 Å². The predicted octanol–water partition coefficient (Wildman–Crippen LogP) is 2.78. The van der Waals surface area contributed by atoms with E-state index in [4.69, 9.17) is 4.74 Å². The molecular formula is C21H28F3N3O3. The molecule has 2 aliphatic rings. The fraction of sp³-hybridized carbons (Fsp3) is 0.619. The molecule has 2 heterocycles. The van der Waals surface area contributed by atoms with Crippen molar-refractivity contribution in [3.05, 3.63) is 24.3 Å². The van der Waals surface area contributed by atoms with E-state index in [-0.39, 0.29) is 29.4 Å². The smallest absolute Gasteiger partial charge is 0.422 e. The lowest BCUT2D eigenvalue weighted by atomic mass is 10.00. The molecule has 0 radical (unpaired) electrons. The van der Waals surface area contributed by atoms with Crippen molar-refractivity contribution in [3.8, 4) is 5.75 Å². The van der Waals surface area contributed by atoms with Crippen LogP contribution in [-0.2, 0) is 9.59 Å². The maximum atomic E-state index is 12.5. The number of piperazine rings is 1. The molecule has 9 heteroatoms. The molecule has 6 nitrogen and oxygen atoms in total. The summed E-state index contributed by atoms with van der Waals surface area (Å²) in [6.45, 7) is 6.31. The van der Waals surface area contributed by atoms with Gasteiger partial charge in [0.05, 0.1) is 5.69 Å². The van der Waals surface area contributed by atoms with Crippen LogP contribution in [0, 0.1) is 11.8 Å². The number of anilines is 1. The summed E-state index contributed by atoms with van der Waals surface area (Å²) < 4.78 is 42.5. The van der Waals surface area contributed by atoms with E-state index in [1.54, 1.807) is 38.1 Å². The highest BCUT2D eigenvalue weighted by molar-refractivity contribution is 6.04. The van der Waals surface area contributed by atoms with Crippen LogP contribution in [0.4, 0.5) is 18.9 Å². The standard InChI is InChI=1S/C21H28F3N3O3/c1-15-16(2)20(29)27(19(15)28)9-5-8-25-10-12-26(13-11-25)17-6-3-4-7-18(17)30-14-21(22,23)24/h3-4,6-7,15-16H,5,8-14H2,1-2H3. The summed E-state index contributed by atoms with van der Waals surface area (Å²) in [5.41, 5.74) is 0.664. The topological polar surface area (TPSA) is 53.1 Å². The van der Waals surface area contributed by atoms with Gasteiger partial charge >= 0.3 is 6.18 Å². The molecule has 1 aromatic rings. The number of nitrogens with zero attached hydrogens (tertiary/aromatic N) is 3. The molecule has 166 valence electrons. The molecule has 0 N–H and O–H groups in total. The Morgan fingerprint density at radius 2 is 1.57 bits per heavy atom. The van der Waals surface area contributed by atoms with Crippen LogP contribution in [0.15, 0.2) is 24.3 Å². The average molecular weight is 427 g/mol. The van der Waals surface area contributed by atoms with Crippen LogP contribution in [0.1, 0.15) is 20.3 Å². The van der Waals surface area contributed by atoms with Crippen LogP contribution >= 0.6 is 0 Å². The number of para-hydroxylation sites is 2. The lowest BCUT2D eigenvalue weighted by Gasteiger charge is -2.37. The van der Waals surface area contributed by atoms with Crippen molar-refractivity contribution in [2.45, 2.75) is 26.4 Å². The first-order valence-corrected chi connectivity index (χ1v) is 10.3. The summed E-state index contributed by atoms with van der Waals surface area (Å²) >= 11 is 0. The number of imide groups is 1. The minimum atomic E-state index is -4.38. The number of benzene rings is 1. The molecular weight excluding hydrogens is 399 g/mol. The molecule has 2 fully saturated rings. The lowest BCUT2D eigenvalue weighted by Crippen LogP contribution is -2.47. The first kappa shape index (κ1) is 22.4. The van der Waals surface area contributed by atoms with E-state index in [0.29, 0.717) is 31.7 Å². The largest absolute Gasteiger partial charge is 0.482 e. The molecule has 2 amide bonds. The molecule has 0 aromatic heterocycles. The van der Waals surface area contributed by atoms with E-state index < -0.39 is 12.8 Å². The van der Waals surface area contributed by atoms with Crippen LogP contribution in [0.5, 0.6) is 5.75 Å². The Morgan fingerprint density at radius 1 is 0.967 bits per heavy atom. The molecule has 30 heavy (non-hydrogen) atoms. The van der Waals surface area contributed by atoms with E-state index in [1.807, 2.05) is 4.90 Å². The summed E-state index contributed by atoms with van der Waals surface area (Å²) in [6.07, 6.45) is -3.66. The number of likely N-dealkylation sites (tertiary alicyclic amines) is 1. The van der Waals surface area contributed by atoms with E-state index in [1.165, 1.54) is 4.90 Å². The van der Waals surface area contributed by atoms with Crippen molar-refractivity contribution in [2.24, 2.45) is 11.8 Å². The van der Waals surface area contributed by atoms with Gasteiger partial charge in [-0.15, -0.1) is 0 Å². The Kier molecular flexibility index (Phi) is 6.90. The first-order valence-electron chi connectivity index (χ1n) is 10.3. The fourth-order valence-electron chi connectivity index (χ4n) is 3.91. The van der Waals surface area contributed by atoms with Gasteiger partial charge in [-0.05, 0) is 25.1 Å². The van der Waals surface area contributed by atoms with Gasteiger partial charge in [-0.3, -0.25) is 19.4 Å². The van der Waals surface area contributed by atoms with Crippen molar-refractivity contribution in [1.29, 1.82) is 0 Å². The number of amides is 2. The Bertz CT molecular complexity index is 743. The number of carbonyl (C=O) groups is 2. The number of alkyl halides is 3. The van der Waals surface area contributed by atoms with Gasteiger partial charge in [0.25, 0.3) is 0 Å². The van der Waals surface area contributed by atoms with E-state index in [9.17, 15) is 22.8 Å². The number of halogens is 3. The lowest BCUT2D eigenvalue weighted by molar-refractivity contribution is -0.153. The van der Waals surface area contributed by atoms with E-state index in [2.05, 4.69) is 4.90 Å². The zero-order valence-corrected chi connectivity index (χ0v) is 17.3. The number of rotatable bonds is 7. The van der Waals surface area contributed by atoms with Gasteiger partial charge in [-0.25, -0.2) is 0 Å². The third-order valence-electron chi connectivity index (χ3n) is 5.89. The second kappa shape index (κ2) is 9.24. The summed E-state index contributed by atoms with van der Waals surface area (Å²) in [5.74, 6) is -0.445. The van der Waals surface area contributed by atoms with Crippen molar-refractivity contribution >= 4 is 17.5 Å². The van der Waals surface area contributed by atoms with Crippen molar-refractivity contribution < 1.29 is 27.5 Å². The molecule has 2 atom stereocenters. The molecule has 2 unspecified atom stereocenters. The Labute approximate surface area is 174 Å². The van der Waals surface area contributed by atoms with Crippen LogP contribution in [0.2, 0.25) is 0 Å². The van der Waals surface area contributed by atoms with Crippen molar-refractivity contribution in [2.75, 3.05) is 50.8 Å². The number of hydrogen-bond donors (Lipinski definition) is 0. The summed E-state index contributed by atoms with van der Waals surface area (Å²) in [5, 5.41) is 0. The highest BCUT2D eigenvalue weighted by atomic mass is 19.4.